The molecular weight excluding hydrogens is 433 g/mol. The number of amides is 1. The molecule has 0 spiro atoms. The Labute approximate surface area is 130 Å². The smallest absolute Gasteiger partial charge is 0.265 e. The number of benzene rings is 1. The van der Waals surface area contributed by atoms with Crippen molar-refractivity contribution in [3.63, 3.8) is 0 Å². The van der Waals surface area contributed by atoms with Gasteiger partial charge in [-0.2, -0.15) is 0 Å². The molecule has 1 aromatic heterocycles. The average molecular weight is 440 g/mol. The number of carbonyl (C=O) groups excluding carboxylic acids is 1. The van der Waals surface area contributed by atoms with Crippen LogP contribution in [0.1, 0.15) is 9.67 Å². The van der Waals surface area contributed by atoms with Crippen molar-refractivity contribution < 1.29 is 4.79 Å². The van der Waals surface area contributed by atoms with Gasteiger partial charge in [0.15, 0.2) is 0 Å². The molecule has 0 saturated heterocycles. The van der Waals surface area contributed by atoms with Crippen LogP contribution in [0.25, 0.3) is 0 Å². The van der Waals surface area contributed by atoms with E-state index in [0.717, 1.165) is 18.6 Å². The van der Waals surface area contributed by atoms with E-state index in [-0.39, 0.29) is 5.91 Å². The first-order chi connectivity index (χ1) is 8.06. The second-order valence-corrected chi connectivity index (χ2v) is 6.78. The number of hydrogen-bond acceptors (Lipinski definition) is 3. The van der Waals surface area contributed by atoms with E-state index in [2.05, 4.69) is 56.5 Å². The van der Waals surface area contributed by atoms with Crippen LogP contribution in [0, 0.1) is 3.57 Å². The Morgan fingerprint density at radius 2 is 2.18 bits per heavy atom. The molecule has 0 aliphatic rings. The molecule has 2 nitrogen and oxygen atoms in total. The molecule has 6 heteroatoms. The Morgan fingerprint density at radius 1 is 1.41 bits per heavy atom. The lowest BCUT2D eigenvalue weighted by Crippen LogP contribution is -2.10. The molecule has 2 rings (SSSR count). The van der Waals surface area contributed by atoms with Crippen LogP contribution in [0.15, 0.2) is 39.0 Å². The summed E-state index contributed by atoms with van der Waals surface area (Å²) in [6.45, 7) is 0. The van der Waals surface area contributed by atoms with Gasteiger partial charge in [0.2, 0.25) is 0 Å². The predicted molar refractivity (Wildman–Crippen MR) is 86.4 cm³/mol. The van der Waals surface area contributed by atoms with Gasteiger partial charge in [-0.05, 0) is 62.8 Å². The van der Waals surface area contributed by atoms with Gasteiger partial charge in [-0.25, -0.2) is 0 Å². The highest BCUT2D eigenvalue weighted by molar-refractivity contribution is 14.1. The van der Waals surface area contributed by atoms with E-state index in [1.54, 1.807) is 6.07 Å². The van der Waals surface area contributed by atoms with Gasteiger partial charge in [0.1, 0.15) is 0 Å². The Morgan fingerprint density at radius 3 is 2.76 bits per heavy atom. The van der Waals surface area contributed by atoms with Crippen LogP contribution in [-0.4, -0.2) is 5.91 Å². The van der Waals surface area contributed by atoms with E-state index < -0.39 is 0 Å². The van der Waals surface area contributed by atoms with Crippen molar-refractivity contribution in [1.29, 1.82) is 0 Å². The number of halogens is 2. The van der Waals surface area contributed by atoms with E-state index in [0.29, 0.717) is 4.88 Å². The number of hydrogen-bond donors (Lipinski definition) is 2. The zero-order valence-electron chi connectivity index (χ0n) is 8.41. The third-order valence-electron chi connectivity index (χ3n) is 1.99. The van der Waals surface area contributed by atoms with Gasteiger partial charge < -0.3 is 5.32 Å². The standard InChI is InChI=1S/C11H7BrINOS2/c12-8-3-6(13)1-2-9(8)14-11(15)10-4-7(16)5-17-10/h1-5,16H,(H,14,15). The average Bonchev–Trinajstić information content (AvgIpc) is 2.69. The first-order valence-electron chi connectivity index (χ1n) is 4.60. The summed E-state index contributed by atoms with van der Waals surface area (Å²) in [6.07, 6.45) is 0. The molecule has 0 saturated carbocycles. The van der Waals surface area contributed by atoms with Crippen LogP contribution in [0.4, 0.5) is 5.69 Å². The highest BCUT2D eigenvalue weighted by atomic mass is 127. The van der Waals surface area contributed by atoms with Crippen molar-refractivity contribution >= 4 is 74.1 Å². The molecule has 2 aromatic rings. The maximum absolute atomic E-state index is 11.9. The van der Waals surface area contributed by atoms with Crippen LogP contribution >= 0.6 is 62.5 Å². The van der Waals surface area contributed by atoms with Crippen molar-refractivity contribution in [1.82, 2.24) is 0 Å². The number of thiophene rings is 1. The largest absolute Gasteiger partial charge is 0.320 e. The van der Waals surface area contributed by atoms with Gasteiger partial charge in [-0.15, -0.1) is 24.0 Å². The minimum atomic E-state index is -0.114. The van der Waals surface area contributed by atoms with Gasteiger partial charge in [-0.1, -0.05) is 0 Å². The van der Waals surface area contributed by atoms with Crippen molar-refractivity contribution in [2.24, 2.45) is 0 Å². The quantitative estimate of drug-likeness (QED) is 0.517. The third-order valence-corrected chi connectivity index (χ3v) is 4.68. The third kappa shape index (κ3) is 3.46. The Kier molecular flexibility index (Phi) is 4.51. The van der Waals surface area contributed by atoms with Gasteiger partial charge in [0.25, 0.3) is 5.91 Å². The van der Waals surface area contributed by atoms with Gasteiger partial charge in [0, 0.05) is 18.3 Å². The molecule has 0 radical (unpaired) electrons. The number of carbonyl (C=O) groups is 1. The molecule has 1 amide bonds. The molecule has 0 atom stereocenters. The number of anilines is 1. The van der Waals surface area contributed by atoms with Gasteiger partial charge in [0.05, 0.1) is 10.6 Å². The summed E-state index contributed by atoms with van der Waals surface area (Å²) in [5.41, 5.74) is 0.768. The molecule has 1 aromatic carbocycles. The van der Waals surface area contributed by atoms with Crippen molar-refractivity contribution in [3.8, 4) is 0 Å². The number of thiol groups is 1. The van der Waals surface area contributed by atoms with Crippen LogP contribution in [0.3, 0.4) is 0 Å². The summed E-state index contributed by atoms with van der Waals surface area (Å²) in [4.78, 5) is 13.4. The molecule has 0 aliphatic heterocycles. The minimum absolute atomic E-state index is 0.114. The normalized spacial score (nSPS) is 10.3. The first kappa shape index (κ1) is 13.4. The molecule has 1 heterocycles. The van der Waals surface area contributed by atoms with E-state index in [1.165, 1.54) is 11.3 Å². The van der Waals surface area contributed by atoms with Gasteiger partial charge in [-0.3, -0.25) is 4.79 Å². The summed E-state index contributed by atoms with van der Waals surface area (Å²) >= 11 is 11.2. The Hall–Kier alpha value is -0.0500. The number of rotatable bonds is 2. The fourth-order valence-corrected chi connectivity index (χ4v) is 3.66. The number of nitrogens with one attached hydrogen (secondary N) is 1. The van der Waals surface area contributed by atoms with Gasteiger partial charge >= 0.3 is 0 Å². The SMILES string of the molecule is O=C(Nc1ccc(I)cc1Br)c1cc(S)cs1. The minimum Gasteiger partial charge on any atom is -0.320 e. The van der Waals surface area contributed by atoms with Crippen molar-refractivity contribution in [3.05, 3.63) is 42.6 Å². The fraction of sp³-hybridized carbons (Fsp3) is 0. The second-order valence-electron chi connectivity index (χ2n) is 3.25. The topological polar surface area (TPSA) is 29.1 Å². The predicted octanol–water partition coefficient (Wildman–Crippen LogP) is 4.66. The highest BCUT2D eigenvalue weighted by Crippen LogP contribution is 2.26. The molecule has 0 aliphatic carbocycles. The Balaban J connectivity index is 2.18. The Bertz CT molecular complexity index is 570. The molecule has 0 bridgehead atoms. The maximum Gasteiger partial charge on any atom is 0.265 e. The maximum atomic E-state index is 11.9. The summed E-state index contributed by atoms with van der Waals surface area (Å²) in [6, 6.07) is 7.52. The monoisotopic (exact) mass is 439 g/mol. The van der Waals surface area contributed by atoms with E-state index >= 15 is 0 Å². The highest BCUT2D eigenvalue weighted by Gasteiger charge is 2.10. The summed E-state index contributed by atoms with van der Waals surface area (Å²) in [5, 5.41) is 4.69. The lowest BCUT2D eigenvalue weighted by Gasteiger charge is -2.06. The van der Waals surface area contributed by atoms with Crippen LogP contribution in [0.5, 0.6) is 0 Å². The zero-order chi connectivity index (χ0) is 12.4. The zero-order valence-corrected chi connectivity index (χ0v) is 13.9. The summed E-state index contributed by atoms with van der Waals surface area (Å²) in [5.74, 6) is -0.114. The van der Waals surface area contributed by atoms with E-state index in [1.807, 2.05) is 23.6 Å². The molecule has 1 N–H and O–H groups in total. The molecule has 17 heavy (non-hydrogen) atoms. The fourth-order valence-electron chi connectivity index (χ4n) is 1.22. The molecule has 88 valence electrons. The van der Waals surface area contributed by atoms with Crippen LogP contribution in [0.2, 0.25) is 0 Å². The molecule has 0 fully saturated rings. The first-order valence-corrected chi connectivity index (χ1v) is 7.80. The van der Waals surface area contributed by atoms with Crippen LogP contribution < -0.4 is 5.32 Å². The van der Waals surface area contributed by atoms with Crippen molar-refractivity contribution in [2.45, 2.75) is 4.90 Å². The lowest BCUT2D eigenvalue weighted by molar-refractivity contribution is 0.103. The van der Waals surface area contributed by atoms with Crippen LogP contribution in [-0.2, 0) is 0 Å². The summed E-state index contributed by atoms with van der Waals surface area (Å²) in [7, 11) is 0. The van der Waals surface area contributed by atoms with E-state index in [9.17, 15) is 4.79 Å². The second kappa shape index (κ2) is 5.73. The molecule has 0 unspecified atom stereocenters. The summed E-state index contributed by atoms with van der Waals surface area (Å²) < 4.78 is 1.99. The van der Waals surface area contributed by atoms with E-state index in [4.69, 9.17) is 0 Å². The molecular formula is C11H7BrINOS2. The van der Waals surface area contributed by atoms with Crippen molar-refractivity contribution in [2.75, 3.05) is 5.32 Å². The lowest BCUT2D eigenvalue weighted by atomic mass is 10.3.